The molecular formula is C16H28ClN. The average molecular weight is 270 g/mol. The van der Waals surface area contributed by atoms with Crippen molar-refractivity contribution < 1.29 is 0 Å². The highest BCUT2D eigenvalue weighted by atomic mass is 35.5. The molecule has 0 N–H and O–H groups in total. The van der Waals surface area contributed by atoms with Crippen LogP contribution in [0.1, 0.15) is 64.2 Å². The van der Waals surface area contributed by atoms with E-state index in [1.807, 2.05) is 0 Å². The van der Waals surface area contributed by atoms with Crippen molar-refractivity contribution in [2.45, 2.75) is 76.3 Å². The fourth-order valence-corrected chi connectivity index (χ4v) is 3.77. The van der Waals surface area contributed by atoms with Gasteiger partial charge in [-0.25, -0.2) is 0 Å². The molecule has 0 heterocycles. The first-order valence-electron chi connectivity index (χ1n) is 7.79. The van der Waals surface area contributed by atoms with Crippen LogP contribution >= 0.6 is 11.6 Å². The maximum absolute atomic E-state index is 5.95. The van der Waals surface area contributed by atoms with Gasteiger partial charge in [-0.2, -0.15) is 0 Å². The second-order valence-corrected chi connectivity index (χ2v) is 6.41. The molecule has 0 radical (unpaired) electrons. The highest BCUT2D eigenvalue weighted by Crippen LogP contribution is 2.30. The van der Waals surface area contributed by atoms with Crippen molar-refractivity contribution >= 4 is 11.6 Å². The molecule has 0 aromatic heterocycles. The minimum absolute atomic E-state index is 0.621. The van der Waals surface area contributed by atoms with Gasteiger partial charge in [0.25, 0.3) is 0 Å². The van der Waals surface area contributed by atoms with E-state index in [9.17, 15) is 0 Å². The summed E-state index contributed by atoms with van der Waals surface area (Å²) in [5.74, 6) is 0.621. The Hall–Kier alpha value is -0.0100. The average Bonchev–Trinajstić information content (AvgIpc) is 2.46. The summed E-state index contributed by atoms with van der Waals surface area (Å²) < 4.78 is 0. The third kappa shape index (κ3) is 3.99. The Labute approximate surface area is 118 Å². The summed E-state index contributed by atoms with van der Waals surface area (Å²) in [4.78, 5) is 2.77. The van der Waals surface area contributed by atoms with E-state index in [1.54, 1.807) is 0 Å². The predicted molar refractivity (Wildman–Crippen MR) is 80.3 cm³/mol. The van der Waals surface area contributed by atoms with Crippen molar-refractivity contribution in [3.63, 3.8) is 0 Å². The molecule has 2 heteroatoms. The number of alkyl halides is 1. The van der Waals surface area contributed by atoms with Crippen LogP contribution in [0, 0.1) is 0 Å². The molecule has 104 valence electrons. The molecule has 0 bridgehead atoms. The Bertz CT molecular complexity index is 234. The summed E-state index contributed by atoms with van der Waals surface area (Å²) in [7, 11) is 0. The van der Waals surface area contributed by atoms with Crippen LogP contribution in [-0.2, 0) is 0 Å². The molecule has 2 rings (SSSR count). The molecule has 2 aliphatic carbocycles. The lowest BCUT2D eigenvalue weighted by atomic mass is 9.88. The molecule has 0 aliphatic heterocycles. The van der Waals surface area contributed by atoms with Crippen molar-refractivity contribution in [1.29, 1.82) is 0 Å². The molecule has 0 amide bonds. The van der Waals surface area contributed by atoms with Gasteiger partial charge in [-0.15, -0.1) is 11.6 Å². The van der Waals surface area contributed by atoms with Gasteiger partial charge in [-0.1, -0.05) is 45.1 Å². The Morgan fingerprint density at radius 1 is 0.889 bits per heavy atom. The summed E-state index contributed by atoms with van der Waals surface area (Å²) in [6, 6.07) is 1.61. The van der Waals surface area contributed by atoms with Crippen molar-refractivity contribution in [2.75, 3.05) is 12.4 Å². The Morgan fingerprint density at radius 3 is 1.72 bits per heavy atom. The normalized spacial score (nSPS) is 23.4. The van der Waals surface area contributed by atoms with Crippen LogP contribution in [-0.4, -0.2) is 29.4 Å². The van der Waals surface area contributed by atoms with E-state index in [0.29, 0.717) is 5.88 Å². The quantitative estimate of drug-likeness (QED) is 0.514. The minimum atomic E-state index is 0.621. The van der Waals surface area contributed by atoms with Crippen LogP contribution in [0.4, 0.5) is 0 Å². The number of nitrogens with zero attached hydrogens (tertiary/aromatic N) is 1. The Kier molecular flexibility index (Phi) is 6.04. The van der Waals surface area contributed by atoms with E-state index >= 15 is 0 Å². The summed E-state index contributed by atoms with van der Waals surface area (Å²) in [5, 5.41) is 0. The van der Waals surface area contributed by atoms with E-state index in [0.717, 1.165) is 18.6 Å². The monoisotopic (exact) mass is 269 g/mol. The zero-order chi connectivity index (χ0) is 12.8. The second-order valence-electron chi connectivity index (χ2n) is 6.14. The summed E-state index contributed by atoms with van der Waals surface area (Å²) >= 11 is 5.95. The van der Waals surface area contributed by atoms with Crippen LogP contribution in [0.25, 0.3) is 0 Å². The lowest BCUT2D eigenvalue weighted by molar-refractivity contribution is 0.0913. The molecule has 0 aromatic rings. The van der Waals surface area contributed by atoms with E-state index in [-0.39, 0.29) is 0 Å². The van der Waals surface area contributed by atoms with E-state index in [2.05, 4.69) is 11.5 Å². The molecule has 18 heavy (non-hydrogen) atoms. The first kappa shape index (κ1) is 14.4. The molecule has 1 nitrogen and oxygen atoms in total. The van der Waals surface area contributed by atoms with Crippen LogP contribution in [0.2, 0.25) is 0 Å². The van der Waals surface area contributed by atoms with Crippen LogP contribution in [0.5, 0.6) is 0 Å². The van der Waals surface area contributed by atoms with Gasteiger partial charge in [0.1, 0.15) is 0 Å². The van der Waals surface area contributed by atoms with Gasteiger partial charge in [0.15, 0.2) is 0 Å². The van der Waals surface area contributed by atoms with Gasteiger partial charge in [0, 0.05) is 24.5 Å². The highest BCUT2D eigenvalue weighted by molar-refractivity contribution is 6.19. The van der Waals surface area contributed by atoms with Crippen LogP contribution in [0.15, 0.2) is 12.2 Å². The zero-order valence-corrected chi connectivity index (χ0v) is 12.4. The fraction of sp³-hybridized carbons (Fsp3) is 0.875. The largest absolute Gasteiger partial charge is 0.293 e. The van der Waals surface area contributed by atoms with Gasteiger partial charge in [0.05, 0.1) is 0 Å². The van der Waals surface area contributed by atoms with Crippen LogP contribution in [0.3, 0.4) is 0 Å². The number of halogens is 1. The molecule has 0 saturated heterocycles. The first-order valence-corrected chi connectivity index (χ1v) is 8.33. The SMILES string of the molecule is C=C(CCl)CN(C1CCCCC1)C1CCCCC1. The smallest absolute Gasteiger partial charge is 0.0443 e. The Morgan fingerprint density at radius 2 is 1.33 bits per heavy atom. The lowest BCUT2D eigenvalue weighted by Gasteiger charge is -2.42. The third-order valence-corrected chi connectivity index (χ3v) is 5.06. The maximum atomic E-state index is 5.95. The predicted octanol–water partition coefficient (Wildman–Crippen LogP) is 4.75. The van der Waals surface area contributed by atoms with Gasteiger partial charge in [-0.3, -0.25) is 4.90 Å². The lowest BCUT2D eigenvalue weighted by Crippen LogP contribution is -2.46. The highest BCUT2D eigenvalue weighted by Gasteiger charge is 2.28. The molecule has 2 fully saturated rings. The molecule has 0 unspecified atom stereocenters. The van der Waals surface area contributed by atoms with Gasteiger partial charge in [0.2, 0.25) is 0 Å². The fourth-order valence-electron chi connectivity index (χ4n) is 3.68. The molecular weight excluding hydrogens is 242 g/mol. The minimum Gasteiger partial charge on any atom is -0.293 e. The summed E-state index contributed by atoms with van der Waals surface area (Å²) in [5.41, 5.74) is 1.20. The third-order valence-electron chi connectivity index (χ3n) is 4.68. The number of hydrogen-bond acceptors (Lipinski definition) is 1. The molecule has 0 aromatic carbocycles. The summed E-state index contributed by atoms with van der Waals surface area (Å²) in [6.07, 6.45) is 14.1. The second kappa shape index (κ2) is 7.55. The van der Waals surface area contributed by atoms with Crippen molar-refractivity contribution in [1.82, 2.24) is 4.90 Å². The van der Waals surface area contributed by atoms with Gasteiger partial charge in [-0.05, 0) is 31.3 Å². The molecule has 0 atom stereocenters. The van der Waals surface area contributed by atoms with Crippen molar-refractivity contribution in [2.24, 2.45) is 0 Å². The first-order chi connectivity index (χ1) is 8.81. The van der Waals surface area contributed by atoms with E-state index in [4.69, 9.17) is 11.6 Å². The van der Waals surface area contributed by atoms with Gasteiger partial charge >= 0.3 is 0 Å². The Balaban J connectivity index is 1.97. The topological polar surface area (TPSA) is 3.24 Å². The summed E-state index contributed by atoms with van der Waals surface area (Å²) in [6.45, 7) is 5.17. The van der Waals surface area contributed by atoms with E-state index in [1.165, 1.54) is 69.8 Å². The zero-order valence-electron chi connectivity index (χ0n) is 11.7. The van der Waals surface area contributed by atoms with Crippen molar-refractivity contribution in [3.05, 3.63) is 12.2 Å². The molecule has 2 aliphatic rings. The standard InChI is InChI=1S/C16H28ClN/c1-14(12-17)13-18(15-8-4-2-5-9-15)16-10-6-3-7-11-16/h15-16H,1-13H2. The number of hydrogen-bond donors (Lipinski definition) is 0. The molecule has 2 saturated carbocycles. The van der Waals surface area contributed by atoms with Crippen molar-refractivity contribution in [3.8, 4) is 0 Å². The number of rotatable bonds is 5. The van der Waals surface area contributed by atoms with E-state index < -0.39 is 0 Å². The maximum Gasteiger partial charge on any atom is 0.0443 e. The van der Waals surface area contributed by atoms with Gasteiger partial charge < -0.3 is 0 Å². The molecule has 0 spiro atoms. The van der Waals surface area contributed by atoms with Crippen LogP contribution < -0.4 is 0 Å².